The van der Waals surface area contributed by atoms with Crippen molar-refractivity contribution in [3.05, 3.63) is 24.4 Å². The summed E-state index contributed by atoms with van der Waals surface area (Å²) in [5, 5.41) is 3.90. The predicted octanol–water partition coefficient (Wildman–Crippen LogP) is 0.233. The highest BCUT2D eigenvalue weighted by Gasteiger charge is 1.93. The van der Waals surface area contributed by atoms with E-state index in [0.717, 1.165) is 5.65 Å². The molecule has 0 aromatic carbocycles. The number of aryl methyl sites for hydroxylation is 1. The zero-order valence-electron chi connectivity index (χ0n) is 5.44. The first-order chi connectivity index (χ1) is 4.86. The molecule has 0 bridgehead atoms. The maximum atomic E-state index is 4.09. The summed E-state index contributed by atoms with van der Waals surface area (Å²) in [6.07, 6.45) is 4.36. The second-order valence-electron chi connectivity index (χ2n) is 1.97. The molecular formula is C6H5N4. The summed E-state index contributed by atoms with van der Waals surface area (Å²) in [5.74, 6) is 0.716. The quantitative estimate of drug-likeness (QED) is 0.516. The monoisotopic (exact) mass is 133 g/mol. The number of hydrogen-bond acceptors (Lipinski definition) is 3. The van der Waals surface area contributed by atoms with Crippen molar-refractivity contribution in [3.63, 3.8) is 0 Å². The average Bonchev–Trinajstić information content (AvgIpc) is 2.33. The highest BCUT2D eigenvalue weighted by atomic mass is 15.3. The number of nitrogens with zero attached hydrogens (tertiary/aromatic N) is 4. The molecule has 0 atom stereocenters. The molecule has 0 fully saturated rings. The third kappa shape index (κ3) is 0.655. The number of fused-ring (bicyclic) bond motifs is 1. The molecule has 0 amide bonds. The van der Waals surface area contributed by atoms with Gasteiger partial charge in [0.25, 0.3) is 0 Å². The molecule has 1 radical (unpaired) electrons. The van der Waals surface area contributed by atoms with Crippen LogP contribution in [-0.4, -0.2) is 19.6 Å². The van der Waals surface area contributed by atoms with E-state index in [1.165, 1.54) is 4.52 Å². The Morgan fingerprint density at radius 1 is 1.60 bits per heavy atom. The maximum Gasteiger partial charge on any atom is 0.202 e. The van der Waals surface area contributed by atoms with Crippen LogP contribution in [0.15, 0.2) is 12.3 Å². The fourth-order valence-electron chi connectivity index (χ4n) is 0.769. The Bertz CT molecular complexity index is 351. The van der Waals surface area contributed by atoms with Crippen molar-refractivity contribution in [3.8, 4) is 0 Å². The van der Waals surface area contributed by atoms with Gasteiger partial charge in [-0.15, -0.1) is 0 Å². The second-order valence-corrected chi connectivity index (χ2v) is 1.97. The van der Waals surface area contributed by atoms with E-state index < -0.39 is 0 Å². The fraction of sp³-hybridized carbons (Fsp3) is 0.167. The van der Waals surface area contributed by atoms with Crippen LogP contribution in [0.4, 0.5) is 0 Å². The molecule has 0 aliphatic carbocycles. The largest absolute Gasteiger partial charge is 0.214 e. The Morgan fingerprint density at radius 2 is 2.50 bits per heavy atom. The number of aromatic nitrogens is 4. The molecule has 0 saturated carbocycles. The minimum absolute atomic E-state index is 0.716. The lowest BCUT2D eigenvalue weighted by Crippen LogP contribution is -1.94. The van der Waals surface area contributed by atoms with Crippen LogP contribution in [0.3, 0.4) is 0 Å². The maximum absolute atomic E-state index is 4.09. The SMILES string of the molecule is Cc1n[c]n2nccc2n1. The molecule has 0 aliphatic rings. The molecular weight excluding hydrogens is 128 g/mol. The molecule has 2 heterocycles. The molecule has 0 spiro atoms. The smallest absolute Gasteiger partial charge is 0.202 e. The fourth-order valence-corrected chi connectivity index (χ4v) is 0.769. The summed E-state index contributed by atoms with van der Waals surface area (Å²) in [4.78, 5) is 7.94. The lowest BCUT2D eigenvalue weighted by molar-refractivity contribution is 0.858. The van der Waals surface area contributed by atoms with Crippen LogP contribution >= 0.6 is 0 Å². The molecule has 10 heavy (non-hydrogen) atoms. The van der Waals surface area contributed by atoms with E-state index in [1.54, 1.807) is 6.20 Å². The highest BCUT2D eigenvalue weighted by molar-refractivity contribution is 5.33. The zero-order valence-corrected chi connectivity index (χ0v) is 5.44. The van der Waals surface area contributed by atoms with E-state index in [0.29, 0.717) is 5.82 Å². The van der Waals surface area contributed by atoms with Gasteiger partial charge in [0.15, 0.2) is 5.65 Å². The van der Waals surface area contributed by atoms with Gasteiger partial charge < -0.3 is 0 Å². The third-order valence-electron chi connectivity index (χ3n) is 1.21. The van der Waals surface area contributed by atoms with E-state index in [9.17, 15) is 0 Å². The van der Waals surface area contributed by atoms with Gasteiger partial charge in [-0.2, -0.15) is 9.61 Å². The molecule has 2 aromatic heterocycles. The highest BCUT2D eigenvalue weighted by Crippen LogP contribution is 1.94. The van der Waals surface area contributed by atoms with Crippen molar-refractivity contribution in [1.29, 1.82) is 0 Å². The van der Waals surface area contributed by atoms with Gasteiger partial charge >= 0.3 is 0 Å². The molecule has 2 aromatic rings. The molecule has 4 heteroatoms. The van der Waals surface area contributed by atoms with Gasteiger partial charge in [-0.3, -0.25) is 0 Å². The molecule has 0 N–H and O–H groups in total. The molecule has 0 unspecified atom stereocenters. The summed E-state index contributed by atoms with van der Waals surface area (Å²) >= 11 is 0. The van der Waals surface area contributed by atoms with Gasteiger partial charge in [0.05, 0.1) is 6.20 Å². The number of rotatable bonds is 0. The van der Waals surface area contributed by atoms with Crippen LogP contribution in [0.5, 0.6) is 0 Å². The first kappa shape index (κ1) is 5.34. The summed E-state index contributed by atoms with van der Waals surface area (Å²) in [7, 11) is 0. The van der Waals surface area contributed by atoms with E-state index >= 15 is 0 Å². The molecule has 0 aliphatic heterocycles. The van der Waals surface area contributed by atoms with E-state index in [1.807, 2.05) is 13.0 Å². The van der Waals surface area contributed by atoms with Gasteiger partial charge in [0.2, 0.25) is 6.33 Å². The van der Waals surface area contributed by atoms with Crippen molar-refractivity contribution in [1.82, 2.24) is 19.6 Å². The normalized spacial score (nSPS) is 10.5. The first-order valence-corrected chi connectivity index (χ1v) is 2.92. The lowest BCUT2D eigenvalue weighted by Gasteiger charge is -1.89. The van der Waals surface area contributed by atoms with Gasteiger partial charge in [0, 0.05) is 6.07 Å². The minimum atomic E-state index is 0.716. The van der Waals surface area contributed by atoms with Crippen molar-refractivity contribution in [2.75, 3.05) is 0 Å². The van der Waals surface area contributed by atoms with Crippen LogP contribution in [0.2, 0.25) is 0 Å². The zero-order chi connectivity index (χ0) is 6.97. The molecule has 2 rings (SSSR count). The standard InChI is InChI=1S/C6H5N4/c1-5-7-4-10-6(9-5)2-3-8-10/h2-3H,1H3. The van der Waals surface area contributed by atoms with E-state index in [2.05, 4.69) is 21.4 Å². The van der Waals surface area contributed by atoms with Crippen LogP contribution in [0.25, 0.3) is 5.65 Å². The topological polar surface area (TPSA) is 43.1 Å². The van der Waals surface area contributed by atoms with Crippen LogP contribution in [0.1, 0.15) is 5.82 Å². The summed E-state index contributed by atoms with van der Waals surface area (Å²) in [6, 6.07) is 1.81. The van der Waals surface area contributed by atoms with E-state index in [-0.39, 0.29) is 0 Å². The van der Waals surface area contributed by atoms with Crippen molar-refractivity contribution < 1.29 is 0 Å². The van der Waals surface area contributed by atoms with E-state index in [4.69, 9.17) is 0 Å². The van der Waals surface area contributed by atoms with Crippen molar-refractivity contribution in [2.24, 2.45) is 0 Å². The summed E-state index contributed by atoms with van der Waals surface area (Å²) in [6.45, 7) is 1.82. The Balaban J connectivity index is 2.86. The molecule has 4 nitrogen and oxygen atoms in total. The minimum Gasteiger partial charge on any atom is -0.214 e. The van der Waals surface area contributed by atoms with Crippen LogP contribution < -0.4 is 0 Å². The summed E-state index contributed by atoms with van der Waals surface area (Å²) in [5.41, 5.74) is 0.785. The van der Waals surface area contributed by atoms with Gasteiger partial charge in [0.1, 0.15) is 5.82 Å². The van der Waals surface area contributed by atoms with Crippen LogP contribution in [-0.2, 0) is 0 Å². The Kier molecular flexibility index (Phi) is 0.943. The average molecular weight is 133 g/mol. The number of hydrogen-bond donors (Lipinski definition) is 0. The van der Waals surface area contributed by atoms with Gasteiger partial charge in [-0.05, 0) is 6.92 Å². The lowest BCUT2D eigenvalue weighted by atomic mass is 10.6. The third-order valence-corrected chi connectivity index (χ3v) is 1.21. The first-order valence-electron chi connectivity index (χ1n) is 2.92. The van der Waals surface area contributed by atoms with Gasteiger partial charge in [-0.25, -0.2) is 9.97 Å². The van der Waals surface area contributed by atoms with Crippen molar-refractivity contribution >= 4 is 5.65 Å². The van der Waals surface area contributed by atoms with Crippen molar-refractivity contribution in [2.45, 2.75) is 6.92 Å². The Labute approximate surface area is 57.5 Å². The second kappa shape index (κ2) is 1.76. The van der Waals surface area contributed by atoms with Crippen LogP contribution in [0, 0.1) is 13.3 Å². The molecule has 0 saturated heterocycles. The summed E-state index contributed by atoms with van der Waals surface area (Å²) < 4.78 is 1.51. The Morgan fingerprint density at radius 3 is 3.40 bits per heavy atom. The predicted molar refractivity (Wildman–Crippen MR) is 34.4 cm³/mol. The van der Waals surface area contributed by atoms with Gasteiger partial charge in [-0.1, -0.05) is 0 Å². The molecule has 49 valence electrons. The Hall–Kier alpha value is -1.45.